The third-order valence-corrected chi connectivity index (χ3v) is 3.09. The Balaban J connectivity index is 2.12. The maximum absolute atomic E-state index is 11.7. The number of carbonyl (C=O) groups is 1. The maximum atomic E-state index is 11.7. The summed E-state index contributed by atoms with van der Waals surface area (Å²) in [6, 6.07) is 5.42. The van der Waals surface area contributed by atoms with Crippen molar-refractivity contribution in [3.8, 4) is 0 Å². The summed E-state index contributed by atoms with van der Waals surface area (Å²) in [4.78, 5) is 15.1. The molecule has 0 aromatic heterocycles. The molecule has 1 aromatic carbocycles. The fraction of sp³-hybridized carbons (Fsp3) is 0.364. The van der Waals surface area contributed by atoms with E-state index >= 15 is 0 Å². The average molecular weight is 240 g/mol. The van der Waals surface area contributed by atoms with Crippen LogP contribution in [0, 0.1) is 0 Å². The Kier molecular flexibility index (Phi) is 2.92. The molecule has 86 valence electrons. The van der Waals surface area contributed by atoms with Crippen molar-refractivity contribution in [2.45, 2.75) is 6.54 Å². The van der Waals surface area contributed by atoms with Crippen molar-refractivity contribution >= 4 is 23.3 Å². The van der Waals surface area contributed by atoms with Crippen LogP contribution < -0.4 is 5.73 Å². The zero-order valence-electron chi connectivity index (χ0n) is 9.11. The minimum atomic E-state index is 0.0490. The summed E-state index contributed by atoms with van der Waals surface area (Å²) in [6.07, 6.45) is 0. The van der Waals surface area contributed by atoms with E-state index in [2.05, 4.69) is 0 Å². The number of likely N-dealkylation sites (N-methyl/N-ethyl adjacent to an activating group) is 1. The van der Waals surface area contributed by atoms with Gasteiger partial charge in [0, 0.05) is 37.4 Å². The molecule has 5 heteroatoms. The largest absolute Gasteiger partial charge is 0.399 e. The van der Waals surface area contributed by atoms with Crippen molar-refractivity contribution in [3.05, 3.63) is 28.8 Å². The molecule has 0 saturated carbocycles. The number of hydrogen-bond donors (Lipinski definition) is 1. The smallest absolute Gasteiger partial charge is 0.320 e. The first-order valence-corrected chi connectivity index (χ1v) is 5.49. The van der Waals surface area contributed by atoms with Crippen molar-refractivity contribution in [3.63, 3.8) is 0 Å². The third-order valence-electron chi connectivity index (χ3n) is 2.74. The van der Waals surface area contributed by atoms with Crippen molar-refractivity contribution in [1.29, 1.82) is 0 Å². The van der Waals surface area contributed by atoms with Crippen molar-refractivity contribution in [2.75, 3.05) is 25.9 Å². The molecule has 1 heterocycles. The van der Waals surface area contributed by atoms with Gasteiger partial charge in [-0.05, 0) is 17.7 Å². The van der Waals surface area contributed by atoms with Gasteiger partial charge in [0.1, 0.15) is 0 Å². The van der Waals surface area contributed by atoms with E-state index in [4.69, 9.17) is 17.3 Å². The fourth-order valence-corrected chi connectivity index (χ4v) is 2.00. The first kappa shape index (κ1) is 11.1. The summed E-state index contributed by atoms with van der Waals surface area (Å²) in [5.41, 5.74) is 7.18. The van der Waals surface area contributed by atoms with E-state index < -0.39 is 0 Å². The van der Waals surface area contributed by atoms with E-state index in [0.29, 0.717) is 17.3 Å². The number of hydrogen-bond acceptors (Lipinski definition) is 2. The molecule has 2 rings (SSSR count). The number of carbonyl (C=O) groups excluding carboxylic acids is 1. The third kappa shape index (κ3) is 2.07. The van der Waals surface area contributed by atoms with E-state index in [0.717, 1.165) is 18.7 Å². The number of nitrogen functional groups attached to an aromatic ring is 1. The second-order valence-corrected chi connectivity index (χ2v) is 4.38. The van der Waals surface area contributed by atoms with Gasteiger partial charge in [0.05, 0.1) is 0 Å². The normalized spacial score (nSPS) is 16.0. The zero-order valence-corrected chi connectivity index (χ0v) is 9.87. The van der Waals surface area contributed by atoms with Gasteiger partial charge in [-0.25, -0.2) is 4.79 Å². The molecule has 16 heavy (non-hydrogen) atoms. The Morgan fingerprint density at radius 3 is 2.75 bits per heavy atom. The van der Waals surface area contributed by atoms with Crippen LogP contribution in [-0.4, -0.2) is 36.0 Å². The first-order valence-electron chi connectivity index (χ1n) is 5.12. The topological polar surface area (TPSA) is 49.6 Å². The van der Waals surface area contributed by atoms with E-state index in [1.807, 2.05) is 6.07 Å². The Labute approximate surface area is 99.6 Å². The lowest BCUT2D eigenvalue weighted by Crippen LogP contribution is -2.29. The van der Waals surface area contributed by atoms with Gasteiger partial charge in [0.25, 0.3) is 0 Å². The molecule has 1 aliphatic rings. The Bertz CT molecular complexity index is 422. The van der Waals surface area contributed by atoms with Crippen LogP contribution in [0.3, 0.4) is 0 Å². The highest BCUT2D eigenvalue weighted by Gasteiger charge is 2.25. The van der Waals surface area contributed by atoms with Crippen molar-refractivity contribution in [2.24, 2.45) is 0 Å². The quantitative estimate of drug-likeness (QED) is 0.800. The van der Waals surface area contributed by atoms with Crippen LogP contribution in [0.1, 0.15) is 5.56 Å². The van der Waals surface area contributed by atoms with Crippen LogP contribution in [0.4, 0.5) is 10.5 Å². The number of nitrogens with zero attached hydrogens (tertiary/aromatic N) is 2. The number of anilines is 1. The van der Waals surface area contributed by atoms with Crippen LogP contribution in [0.2, 0.25) is 5.02 Å². The second-order valence-electron chi connectivity index (χ2n) is 3.98. The fourth-order valence-electron chi connectivity index (χ4n) is 1.75. The minimum Gasteiger partial charge on any atom is -0.399 e. The van der Waals surface area contributed by atoms with Gasteiger partial charge in [0.15, 0.2) is 0 Å². The SMILES string of the molecule is CN1CCN(Cc2ccc(N)cc2Cl)C1=O. The molecular weight excluding hydrogens is 226 g/mol. The highest BCUT2D eigenvalue weighted by atomic mass is 35.5. The van der Waals surface area contributed by atoms with Crippen LogP contribution in [0.5, 0.6) is 0 Å². The highest BCUT2D eigenvalue weighted by molar-refractivity contribution is 6.31. The van der Waals surface area contributed by atoms with Gasteiger partial charge in [0.2, 0.25) is 0 Å². The number of urea groups is 1. The molecule has 0 atom stereocenters. The summed E-state index contributed by atoms with van der Waals surface area (Å²) in [6.45, 7) is 2.06. The lowest BCUT2D eigenvalue weighted by Gasteiger charge is -2.16. The molecule has 0 aliphatic carbocycles. The van der Waals surface area contributed by atoms with Gasteiger partial charge in [-0.1, -0.05) is 17.7 Å². The molecule has 0 radical (unpaired) electrons. The van der Waals surface area contributed by atoms with Crippen LogP contribution in [-0.2, 0) is 6.54 Å². The number of rotatable bonds is 2. The molecule has 1 saturated heterocycles. The molecule has 2 N–H and O–H groups in total. The maximum Gasteiger partial charge on any atom is 0.320 e. The molecule has 0 bridgehead atoms. The number of nitrogens with two attached hydrogens (primary N) is 1. The summed E-state index contributed by atoms with van der Waals surface area (Å²) in [5, 5.41) is 0.613. The lowest BCUT2D eigenvalue weighted by molar-refractivity contribution is 0.197. The Hall–Kier alpha value is -1.42. The first-order chi connectivity index (χ1) is 7.58. The van der Waals surface area contributed by atoms with Gasteiger partial charge in [-0.15, -0.1) is 0 Å². The van der Waals surface area contributed by atoms with Gasteiger partial charge in [-0.3, -0.25) is 0 Å². The summed E-state index contributed by atoms with van der Waals surface area (Å²) >= 11 is 6.06. The Morgan fingerprint density at radius 1 is 1.44 bits per heavy atom. The van der Waals surface area contributed by atoms with Crippen molar-refractivity contribution < 1.29 is 4.79 Å². The average Bonchev–Trinajstić information content (AvgIpc) is 2.54. The number of amides is 2. The Morgan fingerprint density at radius 2 is 2.19 bits per heavy atom. The van der Waals surface area contributed by atoms with E-state index in [1.54, 1.807) is 29.0 Å². The van der Waals surface area contributed by atoms with Crippen LogP contribution in [0.15, 0.2) is 18.2 Å². The second kappa shape index (κ2) is 4.22. The molecule has 4 nitrogen and oxygen atoms in total. The van der Waals surface area contributed by atoms with E-state index in [9.17, 15) is 4.79 Å². The monoisotopic (exact) mass is 239 g/mol. The van der Waals surface area contributed by atoms with E-state index in [-0.39, 0.29) is 6.03 Å². The number of halogens is 1. The van der Waals surface area contributed by atoms with Gasteiger partial charge in [-0.2, -0.15) is 0 Å². The minimum absolute atomic E-state index is 0.0490. The highest BCUT2D eigenvalue weighted by Crippen LogP contribution is 2.22. The molecule has 0 spiro atoms. The van der Waals surface area contributed by atoms with Crippen LogP contribution >= 0.6 is 11.6 Å². The predicted molar refractivity (Wildman–Crippen MR) is 64.3 cm³/mol. The molecule has 1 fully saturated rings. The molecule has 1 aromatic rings. The van der Waals surface area contributed by atoms with Gasteiger partial charge >= 0.3 is 6.03 Å². The van der Waals surface area contributed by atoms with Gasteiger partial charge < -0.3 is 15.5 Å². The standard InChI is InChI=1S/C11H14ClN3O/c1-14-4-5-15(11(14)16)7-8-2-3-9(13)6-10(8)12/h2-3,6H,4-5,7,13H2,1H3. The molecule has 0 unspecified atom stereocenters. The van der Waals surface area contributed by atoms with Crippen LogP contribution in [0.25, 0.3) is 0 Å². The predicted octanol–water partition coefficient (Wildman–Crippen LogP) is 1.79. The molecule has 2 amide bonds. The molecule has 1 aliphatic heterocycles. The zero-order chi connectivity index (χ0) is 11.7. The molecular formula is C11H14ClN3O. The summed E-state index contributed by atoms with van der Waals surface area (Å²) in [5.74, 6) is 0. The lowest BCUT2D eigenvalue weighted by atomic mass is 10.2. The summed E-state index contributed by atoms with van der Waals surface area (Å²) < 4.78 is 0. The number of benzene rings is 1. The summed E-state index contributed by atoms with van der Waals surface area (Å²) in [7, 11) is 1.80. The van der Waals surface area contributed by atoms with Crippen molar-refractivity contribution in [1.82, 2.24) is 9.80 Å². The van der Waals surface area contributed by atoms with E-state index in [1.165, 1.54) is 0 Å².